The number of carbonyl (C=O) groups is 5. The van der Waals surface area contributed by atoms with Gasteiger partial charge in [0.25, 0.3) is 0 Å². The van der Waals surface area contributed by atoms with E-state index in [1.807, 2.05) is 30.3 Å². The minimum atomic E-state index is -1.17. The molecule has 0 aliphatic rings. The van der Waals surface area contributed by atoms with Gasteiger partial charge in [-0.15, -0.1) is 0 Å². The molecule has 0 aliphatic heterocycles. The van der Waals surface area contributed by atoms with Gasteiger partial charge < -0.3 is 36.2 Å². The molecule has 12 heteroatoms. The van der Waals surface area contributed by atoms with Gasteiger partial charge >= 0.3 is 12.1 Å². The highest BCUT2D eigenvalue weighted by molar-refractivity contribution is 5.85. The molecule has 40 heavy (non-hydrogen) atoms. The van der Waals surface area contributed by atoms with Crippen molar-refractivity contribution in [2.45, 2.75) is 57.7 Å². The molecule has 0 unspecified atom stereocenters. The van der Waals surface area contributed by atoms with Gasteiger partial charge in [-0.1, -0.05) is 42.5 Å². The van der Waals surface area contributed by atoms with E-state index >= 15 is 0 Å². The standard InChI is InChI=1S/C28H36N4O8/c1-19(31-28(39)40-18-21-7-3-2-4-8-21)26(36)30-16-5-9-24(34)29-15-6-10-25(35)32-23(27(37)38)17-20-11-13-22(33)14-12-20/h2-4,7-8,11-14,19,23,33H,5-6,9-10,15-18H2,1H3,(H,29,34)(H,30,36)(H,31,39)(H,32,35)(H,37,38)/t19-,23-/m0/s1. The van der Waals surface area contributed by atoms with Gasteiger partial charge in [0, 0.05) is 32.4 Å². The van der Waals surface area contributed by atoms with Gasteiger partial charge in [0.15, 0.2) is 0 Å². The number of nitrogens with one attached hydrogen (secondary N) is 4. The second-order valence-electron chi connectivity index (χ2n) is 9.10. The lowest BCUT2D eigenvalue weighted by Gasteiger charge is -2.15. The number of carboxylic acid groups (broad SMARTS) is 1. The number of ether oxygens (including phenoxy) is 1. The SMILES string of the molecule is C[C@H](NC(=O)OCc1ccccc1)C(=O)NCCCC(=O)NCCCC(=O)N[C@@H](Cc1ccc(O)cc1)C(=O)O. The van der Waals surface area contributed by atoms with Gasteiger partial charge in [0.1, 0.15) is 24.4 Å². The Labute approximate surface area is 232 Å². The minimum absolute atomic E-state index is 0.0361. The molecular weight excluding hydrogens is 520 g/mol. The Morgan fingerprint density at radius 1 is 0.800 bits per heavy atom. The molecule has 4 amide bonds. The average Bonchev–Trinajstić information content (AvgIpc) is 2.93. The molecule has 0 saturated heterocycles. The number of hydrogen-bond donors (Lipinski definition) is 6. The monoisotopic (exact) mass is 556 g/mol. The van der Waals surface area contributed by atoms with E-state index < -0.39 is 36.0 Å². The second-order valence-corrected chi connectivity index (χ2v) is 9.10. The van der Waals surface area contributed by atoms with E-state index in [2.05, 4.69) is 21.3 Å². The summed E-state index contributed by atoms with van der Waals surface area (Å²) in [7, 11) is 0. The summed E-state index contributed by atoms with van der Waals surface area (Å²) >= 11 is 0. The van der Waals surface area contributed by atoms with Crippen molar-refractivity contribution in [3.8, 4) is 5.75 Å². The summed E-state index contributed by atoms with van der Waals surface area (Å²) in [6.45, 7) is 2.08. The summed E-state index contributed by atoms with van der Waals surface area (Å²) in [6.07, 6.45) is 0.247. The Kier molecular flexibility index (Phi) is 13.5. The molecule has 2 atom stereocenters. The van der Waals surface area contributed by atoms with Crippen LogP contribution in [0.15, 0.2) is 54.6 Å². The van der Waals surface area contributed by atoms with Crippen LogP contribution in [0.1, 0.15) is 43.7 Å². The van der Waals surface area contributed by atoms with Crippen molar-refractivity contribution < 1.29 is 38.9 Å². The van der Waals surface area contributed by atoms with E-state index in [0.29, 0.717) is 18.4 Å². The molecule has 2 aromatic rings. The normalized spacial score (nSPS) is 11.9. The number of phenolic OH excluding ortho intramolecular Hbond substituents is 1. The third kappa shape index (κ3) is 12.8. The van der Waals surface area contributed by atoms with Crippen LogP contribution in [-0.4, -0.2) is 65.2 Å². The van der Waals surface area contributed by atoms with Crippen LogP contribution >= 0.6 is 0 Å². The van der Waals surface area contributed by atoms with E-state index in [1.54, 1.807) is 12.1 Å². The van der Waals surface area contributed by atoms with Crippen LogP contribution in [0.2, 0.25) is 0 Å². The van der Waals surface area contributed by atoms with Crippen LogP contribution in [0.4, 0.5) is 4.79 Å². The van der Waals surface area contributed by atoms with Crippen LogP contribution in [-0.2, 0) is 36.9 Å². The van der Waals surface area contributed by atoms with Gasteiger partial charge in [-0.2, -0.15) is 0 Å². The first-order valence-corrected chi connectivity index (χ1v) is 13.0. The van der Waals surface area contributed by atoms with E-state index in [-0.39, 0.29) is 50.6 Å². The van der Waals surface area contributed by atoms with E-state index in [0.717, 1.165) is 5.56 Å². The molecule has 216 valence electrons. The first-order valence-electron chi connectivity index (χ1n) is 13.0. The number of rotatable bonds is 16. The Morgan fingerprint density at radius 2 is 1.43 bits per heavy atom. The third-order valence-corrected chi connectivity index (χ3v) is 5.73. The molecule has 0 aliphatic carbocycles. The minimum Gasteiger partial charge on any atom is -0.508 e. The molecule has 6 N–H and O–H groups in total. The van der Waals surface area contributed by atoms with Crippen molar-refractivity contribution >= 4 is 29.8 Å². The molecule has 0 fully saturated rings. The zero-order valence-corrected chi connectivity index (χ0v) is 22.4. The molecule has 0 spiro atoms. The predicted octanol–water partition coefficient (Wildman–Crippen LogP) is 1.61. The number of carboxylic acids is 1. The zero-order chi connectivity index (χ0) is 29.3. The number of amides is 4. The number of hydrogen-bond acceptors (Lipinski definition) is 7. The van der Waals surface area contributed by atoms with Crippen LogP contribution in [0.25, 0.3) is 0 Å². The summed E-state index contributed by atoms with van der Waals surface area (Å²) in [4.78, 5) is 59.6. The lowest BCUT2D eigenvalue weighted by molar-refractivity contribution is -0.141. The maximum Gasteiger partial charge on any atom is 0.408 e. The van der Waals surface area contributed by atoms with Crippen LogP contribution < -0.4 is 21.3 Å². The molecule has 12 nitrogen and oxygen atoms in total. The average molecular weight is 557 g/mol. The van der Waals surface area contributed by atoms with Crippen molar-refractivity contribution in [3.63, 3.8) is 0 Å². The largest absolute Gasteiger partial charge is 0.508 e. The summed E-state index contributed by atoms with van der Waals surface area (Å²) in [5.41, 5.74) is 1.48. The maximum atomic E-state index is 12.1. The van der Waals surface area contributed by atoms with Gasteiger partial charge in [-0.3, -0.25) is 14.4 Å². The highest BCUT2D eigenvalue weighted by Gasteiger charge is 2.20. The molecular formula is C28H36N4O8. The second kappa shape index (κ2) is 17.1. The highest BCUT2D eigenvalue weighted by Crippen LogP contribution is 2.11. The van der Waals surface area contributed by atoms with Gasteiger partial charge in [-0.05, 0) is 43.0 Å². The fourth-order valence-electron chi connectivity index (χ4n) is 3.52. The Morgan fingerprint density at radius 3 is 2.08 bits per heavy atom. The van der Waals surface area contributed by atoms with Crippen LogP contribution in [0.5, 0.6) is 5.75 Å². The number of aromatic hydroxyl groups is 1. The first-order chi connectivity index (χ1) is 19.1. The fourth-order valence-corrected chi connectivity index (χ4v) is 3.52. The van der Waals surface area contributed by atoms with E-state index in [4.69, 9.17) is 4.74 Å². The molecule has 0 saturated carbocycles. The van der Waals surface area contributed by atoms with Crippen LogP contribution in [0, 0.1) is 0 Å². The number of benzene rings is 2. The Bertz CT molecular complexity index is 1120. The van der Waals surface area contributed by atoms with E-state index in [9.17, 15) is 34.2 Å². The van der Waals surface area contributed by atoms with E-state index in [1.165, 1.54) is 19.1 Å². The molecule has 0 radical (unpaired) electrons. The van der Waals surface area contributed by atoms with Gasteiger partial charge in [-0.25, -0.2) is 9.59 Å². The van der Waals surface area contributed by atoms with Crippen molar-refractivity contribution in [1.29, 1.82) is 0 Å². The van der Waals surface area contributed by atoms with Gasteiger partial charge in [0.2, 0.25) is 17.7 Å². The van der Waals surface area contributed by atoms with Crippen molar-refractivity contribution in [2.75, 3.05) is 13.1 Å². The molecule has 0 aromatic heterocycles. The number of phenols is 1. The number of aliphatic carboxylic acids is 1. The zero-order valence-electron chi connectivity index (χ0n) is 22.4. The highest BCUT2D eigenvalue weighted by atomic mass is 16.5. The summed E-state index contributed by atoms with van der Waals surface area (Å²) in [6, 6.07) is 13.3. The van der Waals surface area contributed by atoms with Gasteiger partial charge in [0.05, 0.1) is 0 Å². The molecule has 0 bridgehead atoms. The Hall–Kier alpha value is -4.61. The topological polar surface area (TPSA) is 183 Å². The predicted molar refractivity (Wildman–Crippen MR) is 145 cm³/mol. The summed E-state index contributed by atoms with van der Waals surface area (Å²) in [5, 5.41) is 28.9. The number of alkyl carbamates (subject to hydrolysis) is 1. The van der Waals surface area contributed by atoms with Crippen LogP contribution in [0.3, 0.4) is 0 Å². The van der Waals surface area contributed by atoms with Crippen molar-refractivity contribution in [2.24, 2.45) is 0 Å². The molecule has 0 heterocycles. The fraction of sp³-hybridized carbons (Fsp3) is 0.393. The quantitative estimate of drug-likeness (QED) is 0.169. The molecule has 2 rings (SSSR count). The maximum absolute atomic E-state index is 12.1. The lowest BCUT2D eigenvalue weighted by atomic mass is 10.1. The van der Waals surface area contributed by atoms with Crippen molar-refractivity contribution in [3.05, 3.63) is 65.7 Å². The van der Waals surface area contributed by atoms with Crippen molar-refractivity contribution in [1.82, 2.24) is 21.3 Å². The Balaban J connectivity index is 1.54. The summed E-state index contributed by atoms with van der Waals surface area (Å²) in [5.74, 6) is -2.22. The molecule has 2 aromatic carbocycles. The first kappa shape index (κ1) is 31.6. The number of carbonyl (C=O) groups excluding carboxylic acids is 4. The smallest absolute Gasteiger partial charge is 0.408 e. The third-order valence-electron chi connectivity index (χ3n) is 5.73. The lowest BCUT2D eigenvalue weighted by Crippen LogP contribution is -2.45. The summed E-state index contributed by atoms with van der Waals surface area (Å²) < 4.78 is 5.08.